The van der Waals surface area contributed by atoms with Crippen LogP contribution in [0, 0.1) is 0 Å². The van der Waals surface area contributed by atoms with Gasteiger partial charge in [-0.3, -0.25) is 4.40 Å². The second-order valence-electron chi connectivity index (χ2n) is 2.99. The lowest BCUT2D eigenvalue weighted by atomic mass is 10.3. The molecule has 7 heteroatoms. The topological polar surface area (TPSA) is 56.2 Å². The minimum atomic E-state index is 0.320. The third-order valence-electron chi connectivity index (χ3n) is 2.11. The van der Waals surface area contributed by atoms with Crippen molar-refractivity contribution < 1.29 is 0 Å². The molecule has 2 heterocycles. The molecule has 0 radical (unpaired) electrons. The highest BCUT2D eigenvalue weighted by Gasteiger charge is 2.14. The Balaban J connectivity index is 2.68. The highest BCUT2D eigenvalue weighted by Crippen LogP contribution is 2.36. The van der Waals surface area contributed by atoms with Crippen LogP contribution in [0.15, 0.2) is 12.1 Å². The van der Waals surface area contributed by atoms with Crippen molar-refractivity contribution in [1.82, 2.24) is 14.6 Å². The van der Waals surface area contributed by atoms with Gasteiger partial charge in [-0.05, 0) is 12.1 Å². The second kappa shape index (κ2) is 2.98. The Hall–Kier alpha value is -1.04. The fourth-order valence-corrected chi connectivity index (χ4v) is 3.05. The first-order chi connectivity index (χ1) is 7.18. The Morgan fingerprint density at radius 2 is 1.93 bits per heavy atom. The van der Waals surface area contributed by atoms with Crippen molar-refractivity contribution in [1.29, 1.82) is 0 Å². The average molecular weight is 259 g/mol. The van der Waals surface area contributed by atoms with E-state index < -0.39 is 0 Å². The summed E-state index contributed by atoms with van der Waals surface area (Å²) in [6.45, 7) is 0. The average Bonchev–Trinajstić information content (AvgIpc) is 2.74. The van der Waals surface area contributed by atoms with Gasteiger partial charge in [0.1, 0.15) is 0 Å². The van der Waals surface area contributed by atoms with Crippen LogP contribution in [0.4, 0.5) is 5.95 Å². The number of nitrogen functional groups attached to an aromatic ring is 1. The second-order valence-corrected chi connectivity index (χ2v) is 4.78. The van der Waals surface area contributed by atoms with Gasteiger partial charge in [-0.2, -0.15) is 0 Å². The number of rotatable bonds is 0. The van der Waals surface area contributed by atoms with Gasteiger partial charge < -0.3 is 5.73 Å². The number of hydrogen-bond acceptors (Lipinski definition) is 4. The summed E-state index contributed by atoms with van der Waals surface area (Å²) in [5.41, 5.74) is 6.47. The molecular formula is C8H4Cl2N4S. The third kappa shape index (κ3) is 1.14. The number of anilines is 1. The van der Waals surface area contributed by atoms with Gasteiger partial charge in [0.15, 0.2) is 0 Å². The molecule has 2 aromatic heterocycles. The first-order valence-electron chi connectivity index (χ1n) is 4.05. The van der Waals surface area contributed by atoms with Crippen molar-refractivity contribution in [2.75, 3.05) is 5.73 Å². The molecule has 0 spiro atoms. The van der Waals surface area contributed by atoms with Crippen LogP contribution < -0.4 is 5.73 Å². The monoisotopic (exact) mass is 258 g/mol. The normalized spacial score (nSPS) is 11.6. The zero-order valence-corrected chi connectivity index (χ0v) is 9.57. The van der Waals surface area contributed by atoms with Gasteiger partial charge in [0, 0.05) is 0 Å². The van der Waals surface area contributed by atoms with Crippen LogP contribution in [-0.2, 0) is 0 Å². The fraction of sp³-hybridized carbons (Fsp3) is 0. The van der Waals surface area contributed by atoms with Crippen LogP contribution in [-0.4, -0.2) is 14.6 Å². The van der Waals surface area contributed by atoms with E-state index >= 15 is 0 Å². The summed E-state index contributed by atoms with van der Waals surface area (Å²) in [5, 5.41) is 8.94. The molecule has 3 rings (SSSR count). The Kier molecular flexibility index (Phi) is 1.83. The number of halogens is 2. The van der Waals surface area contributed by atoms with Crippen molar-refractivity contribution in [3.05, 3.63) is 22.2 Å². The molecule has 0 saturated heterocycles. The van der Waals surface area contributed by atoms with Crippen molar-refractivity contribution in [2.24, 2.45) is 0 Å². The quantitative estimate of drug-likeness (QED) is 0.675. The molecule has 0 aliphatic rings. The van der Waals surface area contributed by atoms with E-state index in [4.69, 9.17) is 28.9 Å². The molecule has 0 aliphatic carbocycles. The molecule has 15 heavy (non-hydrogen) atoms. The maximum Gasteiger partial charge on any atom is 0.227 e. The zero-order chi connectivity index (χ0) is 10.6. The summed E-state index contributed by atoms with van der Waals surface area (Å²) in [6.07, 6.45) is 0. The van der Waals surface area contributed by atoms with E-state index in [9.17, 15) is 0 Å². The van der Waals surface area contributed by atoms with Gasteiger partial charge in [-0.15, -0.1) is 10.2 Å². The molecule has 0 aliphatic heterocycles. The lowest BCUT2D eigenvalue weighted by Gasteiger charge is -1.97. The molecule has 2 N–H and O–H groups in total. The van der Waals surface area contributed by atoms with Gasteiger partial charge >= 0.3 is 0 Å². The minimum Gasteiger partial charge on any atom is -0.368 e. The van der Waals surface area contributed by atoms with E-state index in [-0.39, 0.29) is 0 Å². The lowest BCUT2D eigenvalue weighted by Crippen LogP contribution is -1.92. The molecule has 4 nitrogen and oxygen atoms in total. The fourth-order valence-electron chi connectivity index (χ4n) is 1.48. The predicted molar refractivity (Wildman–Crippen MR) is 62.8 cm³/mol. The number of aromatic nitrogens is 3. The molecule has 0 fully saturated rings. The van der Waals surface area contributed by atoms with Gasteiger partial charge in [-0.1, -0.05) is 34.5 Å². The summed E-state index contributed by atoms with van der Waals surface area (Å²) in [7, 11) is 0. The van der Waals surface area contributed by atoms with E-state index in [2.05, 4.69) is 10.2 Å². The van der Waals surface area contributed by atoms with Crippen molar-refractivity contribution in [2.45, 2.75) is 0 Å². The van der Waals surface area contributed by atoms with E-state index in [0.717, 1.165) is 10.2 Å². The predicted octanol–water partition coefficient (Wildman–Crippen LogP) is 2.83. The van der Waals surface area contributed by atoms with Crippen LogP contribution in [0.5, 0.6) is 0 Å². The van der Waals surface area contributed by atoms with Gasteiger partial charge in [0.05, 0.1) is 20.3 Å². The SMILES string of the molecule is Nc1nnc2sc3c(Cl)ccc(Cl)c3n12. The van der Waals surface area contributed by atoms with Crippen molar-refractivity contribution in [3.8, 4) is 0 Å². The number of nitrogens with zero attached hydrogens (tertiary/aromatic N) is 3. The maximum absolute atomic E-state index is 6.09. The Labute approximate surface area is 98.2 Å². The number of fused-ring (bicyclic) bond motifs is 3. The Bertz CT molecular complexity index is 672. The Morgan fingerprint density at radius 1 is 1.20 bits per heavy atom. The van der Waals surface area contributed by atoms with Crippen molar-refractivity contribution >= 4 is 55.7 Å². The first-order valence-corrected chi connectivity index (χ1v) is 5.63. The van der Waals surface area contributed by atoms with Crippen LogP contribution in [0.25, 0.3) is 15.2 Å². The number of thiazole rings is 1. The lowest BCUT2D eigenvalue weighted by molar-refractivity contribution is 1.12. The maximum atomic E-state index is 6.09. The molecule has 0 saturated carbocycles. The number of hydrogen-bond donors (Lipinski definition) is 1. The number of nitrogens with two attached hydrogens (primary N) is 1. The van der Waals surface area contributed by atoms with E-state index in [1.807, 2.05) is 0 Å². The molecule has 3 aromatic rings. The molecule has 0 atom stereocenters. The van der Waals surface area contributed by atoms with Crippen LogP contribution in [0.2, 0.25) is 10.0 Å². The van der Waals surface area contributed by atoms with Gasteiger partial charge in [0.25, 0.3) is 0 Å². The molecule has 76 valence electrons. The molecule has 0 unspecified atom stereocenters. The van der Waals surface area contributed by atoms with Crippen molar-refractivity contribution in [3.63, 3.8) is 0 Å². The zero-order valence-electron chi connectivity index (χ0n) is 7.24. The standard InChI is InChI=1S/C8H4Cl2N4S/c9-3-1-2-4(10)6-5(3)14-7(11)12-13-8(14)15-6/h1-2H,(H2,11,12). The van der Waals surface area contributed by atoms with Crippen LogP contribution >= 0.6 is 34.5 Å². The summed E-state index contributed by atoms with van der Waals surface area (Å²) >= 11 is 13.6. The summed E-state index contributed by atoms with van der Waals surface area (Å²) in [6, 6.07) is 3.49. The minimum absolute atomic E-state index is 0.320. The largest absolute Gasteiger partial charge is 0.368 e. The van der Waals surface area contributed by atoms with Crippen LogP contribution in [0.3, 0.4) is 0 Å². The van der Waals surface area contributed by atoms with E-state index in [1.54, 1.807) is 16.5 Å². The highest BCUT2D eigenvalue weighted by atomic mass is 35.5. The molecule has 0 bridgehead atoms. The Morgan fingerprint density at radius 3 is 2.73 bits per heavy atom. The first kappa shape index (κ1) is 9.21. The van der Waals surface area contributed by atoms with E-state index in [0.29, 0.717) is 21.0 Å². The highest BCUT2D eigenvalue weighted by molar-refractivity contribution is 7.24. The van der Waals surface area contributed by atoms with Crippen LogP contribution in [0.1, 0.15) is 0 Å². The van der Waals surface area contributed by atoms with Gasteiger partial charge in [-0.25, -0.2) is 0 Å². The summed E-state index contributed by atoms with van der Waals surface area (Å²) < 4.78 is 2.58. The van der Waals surface area contributed by atoms with E-state index in [1.165, 1.54) is 11.3 Å². The summed E-state index contributed by atoms with van der Waals surface area (Å²) in [4.78, 5) is 0.692. The third-order valence-corrected chi connectivity index (χ3v) is 3.91. The molecular weight excluding hydrogens is 255 g/mol. The molecule has 1 aromatic carbocycles. The summed E-state index contributed by atoms with van der Waals surface area (Å²) in [5.74, 6) is 0.320. The van der Waals surface area contributed by atoms with Gasteiger partial charge in [0.2, 0.25) is 10.9 Å². The number of benzene rings is 1. The molecule has 0 amide bonds. The smallest absolute Gasteiger partial charge is 0.227 e.